The van der Waals surface area contributed by atoms with E-state index in [1.807, 2.05) is 0 Å². The number of allylic oxidation sites excluding steroid dienone is 2. The van der Waals surface area contributed by atoms with Crippen molar-refractivity contribution in [3.63, 3.8) is 0 Å². The van der Waals surface area contributed by atoms with Crippen molar-refractivity contribution in [2.45, 2.75) is 58.8 Å². The van der Waals surface area contributed by atoms with Gasteiger partial charge in [0, 0.05) is 11.1 Å². The van der Waals surface area contributed by atoms with Gasteiger partial charge in [0.05, 0.1) is 0 Å². The van der Waals surface area contributed by atoms with E-state index < -0.39 is 0 Å². The fourth-order valence-electron chi connectivity index (χ4n) is 3.62. The van der Waals surface area contributed by atoms with Crippen LogP contribution >= 0.6 is 0 Å². The summed E-state index contributed by atoms with van der Waals surface area (Å²) in [6, 6.07) is 26.2. The van der Waals surface area contributed by atoms with E-state index >= 15 is 0 Å². The normalized spacial score (nSPS) is 10.8. The monoisotopic (exact) mass is 406 g/mol. The average molecular weight is 407 g/mol. The van der Waals surface area contributed by atoms with Crippen LogP contribution in [0.15, 0.2) is 84.9 Å². The van der Waals surface area contributed by atoms with Gasteiger partial charge in [0.1, 0.15) is 0 Å². The van der Waals surface area contributed by atoms with Gasteiger partial charge in [-0.05, 0) is 78.6 Å². The van der Waals surface area contributed by atoms with Crippen molar-refractivity contribution in [2.24, 2.45) is 0 Å². The second kappa shape index (κ2) is 12.6. The Morgan fingerprint density at radius 1 is 0.581 bits per heavy atom. The maximum absolute atomic E-state index is 3.30. The summed E-state index contributed by atoms with van der Waals surface area (Å²) in [5.41, 5.74) is 7.43. The molecule has 0 fully saturated rings. The predicted molar refractivity (Wildman–Crippen MR) is 135 cm³/mol. The van der Waals surface area contributed by atoms with E-state index in [1.165, 1.54) is 47.9 Å². The van der Waals surface area contributed by atoms with E-state index in [0.717, 1.165) is 30.4 Å². The molecule has 0 atom stereocenters. The largest absolute Gasteiger partial charge is 0.0888 e. The summed E-state index contributed by atoms with van der Waals surface area (Å²) in [6.45, 7) is 4.42. The van der Waals surface area contributed by atoms with Crippen LogP contribution in [0.4, 0.5) is 0 Å². The van der Waals surface area contributed by atoms with Gasteiger partial charge >= 0.3 is 0 Å². The van der Waals surface area contributed by atoms with Gasteiger partial charge in [-0.1, -0.05) is 99.2 Å². The lowest BCUT2D eigenvalue weighted by atomic mass is 10.0. The van der Waals surface area contributed by atoms with Gasteiger partial charge < -0.3 is 0 Å². The van der Waals surface area contributed by atoms with E-state index in [9.17, 15) is 0 Å². The zero-order chi connectivity index (χ0) is 21.7. The van der Waals surface area contributed by atoms with E-state index in [0.29, 0.717) is 0 Å². The Balaban J connectivity index is 1.57. The molecule has 0 bridgehead atoms. The van der Waals surface area contributed by atoms with Crippen molar-refractivity contribution in [1.29, 1.82) is 0 Å². The third-order valence-corrected chi connectivity index (χ3v) is 5.55. The molecule has 0 aliphatic rings. The van der Waals surface area contributed by atoms with Crippen LogP contribution in [0.1, 0.15) is 68.2 Å². The first-order valence-corrected chi connectivity index (χ1v) is 11.7. The Labute approximate surface area is 189 Å². The third kappa shape index (κ3) is 7.62. The lowest BCUT2D eigenvalue weighted by molar-refractivity contribution is 0.717. The maximum Gasteiger partial charge on any atom is 0.0249 e. The molecule has 158 valence electrons. The van der Waals surface area contributed by atoms with Gasteiger partial charge in [-0.3, -0.25) is 0 Å². The summed E-state index contributed by atoms with van der Waals surface area (Å²) < 4.78 is 0. The predicted octanol–water partition coefficient (Wildman–Crippen LogP) is 8.38. The average Bonchev–Trinajstić information content (AvgIpc) is 2.82. The minimum absolute atomic E-state index is 1.05. The van der Waals surface area contributed by atoms with Crippen molar-refractivity contribution >= 4 is 0 Å². The van der Waals surface area contributed by atoms with Crippen LogP contribution in [0.5, 0.6) is 0 Å². The lowest BCUT2D eigenvalue weighted by Crippen LogP contribution is -1.86. The molecule has 0 unspecified atom stereocenters. The molecule has 0 spiro atoms. The summed E-state index contributed by atoms with van der Waals surface area (Å²) in [4.78, 5) is 0. The second-order valence-electron chi connectivity index (χ2n) is 8.10. The van der Waals surface area contributed by atoms with Crippen LogP contribution < -0.4 is 0 Å². The summed E-state index contributed by atoms with van der Waals surface area (Å²) in [7, 11) is 0. The van der Waals surface area contributed by atoms with Crippen molar-refractivity contribution < 1.29 is 0 Å². The molecule has 0 saturated heterocycles. The highest BCUT2D eigenvalue weighted by Crippen LogP contribution is 2.21. The highest BCUT2D eigenvalue weighted by Gasteiger charge is 1.99. The van der Waals surface area contributed by atoms with Crippen LogP contribution in [0.25, 0.3) is 11.1 Å². The van der Waals surface area contributed by atoms with Crippen molar-refractivity contribution in [2.75, 3.05) is 0 Å². The first kappa shape index (κ1) is 22.6. The molecule has 0 amide bonds. The zero-order valence-electron chi connectivity index (χ0n) is 19.0. The Hall–Kier alpha value is -3.04. The Morgan fingerprint density at radius 3 is 1.68 bits per heavy atom. The van der Waals surface area contributed by atoms with Crippen molar-refractivity contribution in [3.8, 4) is 23.0 Å². The fraction of sp³-hybridized carbons (Fsp3) is 0.290. The van der Waals surface area contributed by atoms with Crippen molar-refractivity contribution in [1.82, 2.24) is 0 Å². The number of hydrogen-bond donors (Lipinski definition) is 0. The topological polar surface area (TPSA) is 0 Å². The molecule has 0 aliphatic heterocycles. The fourth-order valence-corrected chi connectivity index (χ4v) is 3.62. The first-order chi connectivity index (χ1) is 15.3. The molecule has 0 nitrogen and oxygen atoms in total. The molecule has 0 saturated carbocycles. The SMILES string of the molecule is CC/C=C/CCc1ccc(C#Cc2ccc(-c3ccc(CCCCC)cc3)cc2)cc1. The number of unbranched alkanes of at least 4 members (excludes halogenated alkanes) is 2. The number of aryl methyl sites for hydroxylation is 2. The Morgan fingerprint density at radius 2 is 1.10 bits per heavy atom. The Bertz CT molecular complexity index is 991. The Kier molecular flexibility index (Phi) is 9.21. The van der Waals surface area contributed by atoms with Crippen LogP contribution in [0.2, 0.25) is 0 Å². The molecule has 3 aromatic carbocycles. The van der Waals surface area contributed by atoms with Crippen molar-refractivity contribution in [3.05, 3.63) is 107 Å². The highest BCUT2D eigenvalue weighted by molar-refractivity contribution is 5.64. The molecule has 0 aromatic heterocycles. The quantitative estimate of drug-likeness (QED) is 0.190. The van der Waals surface area contributed by atoms with Gasteiger partial charge in [-0.25, -0.2) is 0 Å². The van der Waals surface area contributed by atoms with Crippen LogP contribution in [-0.2, 0) is 12.8 Å². The van der Waals surface area contributed by atoms with Crippen LogP contribution in [0, 0.1) is 11.8 Å². The molecule has 31 heavy (non-hydrogen) atoms. The molecule has 0 N–H and O–H groups in total. The lowest BCUT2D eigenvalue weighted by Gasteiger charge is -2.05. The molecule has 3 rings (SSSR count). The zero-order valence-corrected chi connectivity index (χ0v) is 19.0. The summed E-state index contributed by atoms with van der Waals surface area (Å²) in [5.74, 6) is 6.59. The molecule has 0 heterocycles. The number of rotatable bonds is 9. The molecule has 0 heteroatoms. The van der Waals surface area contributed by atoms with Gasteiger partial charge in [0.2, 0.25) is 0 Å². The maximum atomic E-state index is 3.30. The summed E-state index contributed by atoms with van der Waals surface area (Å²) >= 11 is 0. The smallest absolute Gasteiger partial charge is 0.0249 e. The van der Waals surface area contributed by atoms with Gasteiger partial charge in [-0.15, -0.1) is 0 Å². The minimum Gasteiger partial charge on any atom is -0.0888 e. The standard InChI is InChI=1S/C31H34/c1-3-5-7-9-11-26-12-14-28(15-13-26)16-17-29-20-24-31(25-21-29)30-22-18-27(19-23-30)10-8-6-4-2/h5,7,12-15,18-25H,3-4,6,8-11H2,1-2H3/b7-5+. The minimum atomic E-state index is 1.05. The van der Waals surface area contributed by atoms with Gasteiger partial charge in [0.15, 0.2) is 0 Å². The molecule has 3 aromatic rings. The third-order valence-electron chi connectivity index (χ3n) is 5.55. The highest BCUT2D eigenvalue weighted by atomic mass is 14.0. The first-order valence-electron chi connectivity index (χ1n) is 11.7. The van der Waals surface area contributed by atoms with Gasteiger partial charge in [-0.2, -0.15) is 0 Å². The van der Waals surface area contributed by atoms with E-state index in [2.05, 4.69) is 111 Å². The molecular weight excluding hydrogens is 372 g/mol. The number of benzene rings is 3. The van der Waals surface area contributed by atoms with E-state index in [1.54, 1.807) is 0 Å². The molecular formula is C31H34. The number of hydrogen-bond acceptors (Lipinski definition) is 0. The van der Waals surface area contributed by atoms with Gasteiger partial charge in [0.25, 0.3) is 0 Å². The molecule has 0 radical (unpaired) electrons. The summed E-state index contributed by atoms with van der Waals surface area (Å²) in [6.07, 6.45) is 12.8. The van der Waals surface area contributed by atoms with E-state index in [-0.39, 0.29) is 0 Å². The van der Waals surface area contributed by atoms with Crippen LogP contribution in [0.3, 0.4) is 0 Å². The van der Waals surface area contributed by atoms with Crippen LogP contribution in [-0.4, -0.2) is 0 Å². The molecule has 0 aliphatic carbocycles. The van der Waals surface area contributed by atoms with E-state index in [4.69, 9.17) is 0 Å². The summed E-state index contributed by atoms with van der Waals surface area (Å²) in [5, 5.41) is 0. The second-order valence-corrected chi connectivity index (χ2v) is 8.10.